The Morgan fingerprint density at radius 3 is 2.81 bits per heavy atom. The third-order valence-electron chi connectivity index (χ3n) is 2.83. The van der Waals surface area contributed by atoms with Crippen LogP contribution in [0.3, 0.4) is 0 Å². The van der Waals surface area contributed by atoms with Gasteiger partial charge in [-0.05, 0) is 24.3 Å². The van der Waals surface area contributed by atoms with Crippen molar-refractivity contribution < 1.29 is 8.63 Å². The maximum Gasteiger partial charge on any atom is 0.221 e. The summed E-state index contributed by atoms with van der Waals surface area (Å²) >= 11 is 5.85. The third kappa shape index (κ3) is 3.03. The Hall–Kier alpha value is -1.99. The smallest absolute Gasteiger partial charge is 0.221 e. The van der Waals surface area contributed by atoms with Gasteiger partial charge in [0.1, 0.15) is 12.9 Å². The Morgan fingerprint density at radius 1 is 1.33 bits per heavy atom. The molecule has 0 aliphatic carbocycles. The molecular weight excluding hydrogens is 312 g/mol. The van der Waals surface area contributed by atoms with Gasteiger partial charge in [-0.3, -0.25) is 8.78 Å². The van der Waals surface area contributed by atoms with Gasteiger partial charge in [0.05, 0.1) is 17.0 Å². The van der Waals surface area contributed by atoms with E-state index in [0.717, 1.165) is 5.56 Å². The van der Waals surface area contributed by atoms with Crippen molar-refractivity contribution >= 4 is 22.4 Å². The zero-order chi connectivity index (χ0) is 14.8. The Bertz CT molecular complexity index is 782. The quantitative estimate of drug-likeness (QED) is 0.737. The van der Waals surface area contributed by atoms with Crippen LogP contribution in [-0.2, 0) is 17.3 Å². The lowest BCUT2D eigenvalue weighted by molar-refractivity contribution is 0.477. The average molecular weight is 323 g/mol. The van der Waals surface area contributed by atoms with Gasteiger partial charge in [-0.15, -0.1) is 10.2 Å². The summed E-state index contributed by atoms with van der Waals surface area (Å²) in [4.78, 5) is 4.22. The monoisotopic (exact) mass is 322 g/mol. The molecule has 21 heavy (non-hydrogen) atoms. The Labute approximate surface area is 128 Å². The highest BCUT2D eigenvalue weighted by Gasteiger charge is 2.12. The highest BCUT2D eigenvalue weighted by Crippen LogP contribution is 2.22. The van der Waals surface area contributed by atoms with Crippen LogP contribution in [0.25, 0.3) is 11.3 Å². The Morgan fingerprint density at radius 2 is 2.10 bits per heavy atom. The number of hydrogen-bond donors (Lipinski definition) is 0. The van der Waals surface area contributed by atoms with Crippen LogP contribution in [0.2, 0.25) is 5.02 Å². The number of rotatable bonds is 4. The van der Waals surface area contributed by atoms with Crippen molar-refractivity contribution in [1.82, 2.24) is 19.7 Å². The Balaban J connectivity index is 1.83. The molecule has 0 radical (unpaired) electrons. The summed E-state index contributed by atoms with van der Waals surface area (Å²) in [6.45, 7) is 0.329. The summed E-state index contributed by atoms with van der Waals surface area (Å²) in [5.41, 5.74) is 0.890. The number of benzene rings is 1. The molecule has 0 spiro atoms. The van der Waals surface area contributed by atoms with Crippen LogP contribution in [0.5, 0.6) is 0 Å². The van der Waals surface area contributed by atoms with Gasteiger partial charge in [-0.1, -0.05) is 11.6 Å². The van der Waals surface area contributed by atoms with E-state index < -0.39 is 10.8 Å². The second-order valence-electron chi connectivity index (χ2n) is 4.32. The van der Waals surface area contributed by atoms with Crippen LogP contribution >= 0.6 is 11.6 Å². The number of halogens is 1. The van der Waals surface area contributed by atoms with Crippen molar-refractivity contribution in [2.75, 3.05) is 6.26 Å². The zero-order valence-electron chi connectivity index (χ0n) is 11.1. The SMILES string of the molecule is C[S@@](=O)c1nncn1Cc1ncc(-c2ccc(Cl)cc2)o1. The number of oxazole rings is 1. The van der Waals surface area contributed by atoms with Crippen molar-refractivity contribution in [3.63, 3.8) is 0 Å². The van der Waals surface area contributed by atoms with Crippen molar-refractivity contribution in [2.45, 2.75) is 11.7 Å². The maximum atomic E-state index is 11.5. The standard InChI is InChI=1S/C13H11ClN4O2S/c1-21(19)13-17-16-8-18(13)7-12-15-6-11(20-12)9-2-4-10(14)5-3-9/h2-6,8H,7H2,1H3/t21-/m1/s1. The van der Waals surface area contributed by atoms with Crippen LogP contribution in [0.1, 0.15) is 5.89 Å². The molecule has 3 rings (SSSR count). The van der Waals surface area contributed by atoms with E-state index in [0.29, 0.717) is 28.4 Å². The summed E-state index contributed by atoms with van der Waals surface area (Å²) in [6, 6.07) is 7.30. The molecule has 1 atom stereocenters. The molecule has 0 amide bonds. The summed E-state index contributed by atoms with van der Waals surface area (Å²) in [7, 11) is -1.21. The first-order valence-electron chi connectivity index (χ1n) is 6.05. The molecule has 0 aliphatic heterocycles. The van der Waals surface area contributed by atoms with Crippen molar-refractivity contribution in [3.8, 4) is 11.3 Å². The molecule has 0 fully saturated rings. The second kappa shape index (κ2) is 5.79. The lowest BCUT2D eigenvalue weighted by Gasteiger charge is -2.00. The molecule has 6 nitrogen and oxygen atoms in total. The largest absolute Gasteiger partial charge is 0.439 e. The van der Waals surface area contributed by atoms with Crippen LogP contribution in [0, 0.1) is 0 Å². The predicted molar refractivity (Wildman–Crippen MR) is 78.4 cm³/mol. The van der Waals surface area contributed by atoms with Gasteiger partial charge in [0.15, 0.2) is 5.76 Å². The first kappa shape index (κ1) is 14.0. The second-order valence-corrected chi connectivity index (χ2v) is 6.03. The topological polar surface area (TPSA) is 73.8 Å². The Kier molecular flexibility index (Phi) is 3.85. The predicted octanol–water partition coefficient (Wildman–Crippen LogP) is 2.37. The first-order valence-corrected chi connectivity index (χ1v) is 7.99. The van der Waals surface area contributed by atoms with Crippen molar-refractivity contribution in [3.05, 3.63) is 47.7 Å². The van der Waals surface area contributed by atoms with Crippen LogP contribution in [-0.4, -0.2) is 30.2 Å². The first-order chi connectivity index (χ1) is 10.1. The van der Waals surface area contributed by atoms with E-state index in [1.165, 1.54) is 6.33 Å². The average Bonchev–Trinajstić information content (AvgIpc) is 3.09. The highest BCUT2D eigenvalue weighted by molar-refractivity contribution is 7.84. The molecule has 1 aromatic carbocycles. The molecule has 2 heterocycles. The van der Waals surface area contributed by atoms with E-state index in [1.54, 1.807) is 29.2 Å². The van der Waals surface area contributed by atoms with E-state index in [2.05, 4.69) is 15.2 Å². The van der Waals surface area contributed by atoms with Gasteiger partial charge in [0.2, 0.25) is 11.0 Å². The summed E-state index contributed by atoms with van der Waals surface area (Å²) in [5, 5.41) is 8.62. The number of hydrogen-bond acceptors (Lipinski definition) is 5. The van der Waals surface area contributed by atoms with Crippen molar-refractivity contribution in [1.29, 1.82) is 0 Å². The van der Waals surface area contributed by atoms with E-state index in [1.807, 2.05) is 12.1 Å². The highest BCUT2D eigenvalue weighted by atomic mass is 35.5. The lowest BCUT2D eigenvalue weighted by atomic mass is 10.2. The maximum absolute atomic E-state index is 11.5. The molecule has 3 aromatic rings. The van der Waals surface area contributed by atoms with E-state index in [9.17, 15) is 4.21 Å². The van der Waals surface area contributed by atoms with Gasteiger partial charge in [-0.25, -0.2) is 4.98 Å². The van der Waals surface area contributed by atoms with E-state index in [-0.39, 0.29) is 0 Å². The van der Waals surface area contributed by atoms with Crippen molar-refractivity contribution in [2.24, 2.45) is 0 Å². The third-order valence-corrected chi connectivity index (χ3v) is 3.91. The fourth-order valence-electron chi connectivity index (χ4n) is 1.85. The molecule has 108 valence electrons. The molecule has 0 N–H and O–H groups in total. The fourth-order valence-corrected chi connectivity index (χ4v) is 2.58. The van der Waals surface area contributed by atoms with Gasteiger partial charge < -0.3 is 4.42 Å². The molecular formula is C13H11ClN4O2S. The summed E-state index contributed by atoms with van der Waals surface area (Å²) in [6.07, 6.45) is 4.70. The van der Waals surface area contributed by atoms with Crippen LogP contribution < -0.4 is 0 Å². The molecule has 2 aromatic heterocycles. The number of aromatic nitrogens is 4. The van der Waals surface area contributed by atoms with Gasteiger partial charge >= 0.3 is 0 Å². The molecule has 0 unspecified atom stereocenters. The minimum absolute atomic E-state index is 0.329. The lowest BCUT2D eigenvalue weighted by Crippen LogP contribution is -2.05. The molecule has 0 saturated carbocycles. The summed E-state index contributed by atoms with van der Waals surface area (Å²) < 4.78 is 18.8. The normalized spacial score (nSPS) is 12.5. The van der Waals surface area contributed by atoms with Gasteiger partial charge in [0, 0.05) is 16.8 Å². The van der Waals surface area contributed by atoms with Crippen LogP contribution in [0.15, 0.2) is 46.4 Å². The summed E-state index contributed by atoms with van der Waals surface area (Å²) in [5.74, 6) is 1.14. The van der Waals surface area contributed by atoms with E-state index in [4.69, 9.17) is 16.0 Å². The number of nitrogens with zero attached hydrogens (tertiary/aromatic N) is 4. The molecule has 0 bridgehead atoms. The van der Waals surface area contributed by atoms with Crippen LogP contribution in [0.4, 0.5) is 0 Å². The van der Waals surface area contributed by atoms with Gasteiger partial charge in [0.25, 0.3) is 0 Å². The molecule has 0 saturated heterocycles. The minimum Gasteiger partial charge on any atom is -0.439 e. The molecule has 8 heteroatoms. The van der Waals surface area contributed by atoms with Gasteiger partial charge in [-0.2, -0.15) is 0 Å². The fraction of sp³-hybridized carbons (Fsp3) is 0.154. The minimum atomic E-state index is -1.21. The van der Waals surface area contributed by atoms with E-state index >= 15 is 0 Å². The molecule has 0 aliphatic rings. The zero-order valence-corrected chi connectivity index (χ0v) is 12.6.